The van der Waals surface area contributed by atoms with Crippen LogP contribution < -0.4 is 15.9 Å². The summed E-state index contributed by atoms with van der Waals surface area (Å²) in [5, 5.41) is 20.7. The highest BCUT2D eigenvalue weighted by atomic mass is 32.2. The molecule has 2 aromatic rings. The second-order valence-corrected chi connectivity index (χ2v) is 9.50. The summed E-state index contributed by atoms with van der Waals surface area (Å²) >= 11 is 1.54. The van der Waals surface area contributed by atoms with Gasteiger partial charge in [-0.1, -0.05) is 48.2 Å². The minimum Gasteiger partial charge on any atom is -0.354 e. The largest absolute Gasteiger partial charge is 0.354 e. The van der Waals surface area contributed by atoms with E-state index >= 15 is 0 Å². The van der Waals surface area contributed by atoms with Crippen molar-refractivity contribution in [3.05, 3.63) is 87.7 Å². The van der Waals surface area contributed by atoms with Gasteiger partial charge in [-0.05, 0) is 42.0 Å². The number of carbonyl (C=O) groups excluding carboxylic acids is 2. The summed E-state index contributed by atoms with van der Waals surface area (Å²) in [7, 11) is 1.93. The maximum Gasteiger partial charge on any atom is 0.245 e. The fourth-order valence-corrected chi connectivity index (χ4v) is 5.48. The number of nitrogens with zero attached hydrogens (tertiary/aromatic N) is 4. The number of hydrogen-bond acceptors (Lipinski definition) is 5. The van der Waals surface area contributed by atoms with Gasteiger partial charge in [-0.25, -0.2) is 0 Å². The van der Waals surface area contributed by atoms with Crippen LogP contribution in [-0.4, -0.2) is 32.6 Å². The second-order valence-electron chi connectivity index (χ2n) is 8.59. The van der Waals surface area contributed by atoms with Gasteiger partial charge >= 0.3 is 0 Å². The number of ketones is 1. The Bertz CT molecular complexity index is 1470. The van der Waals surface area contributed by atoms with E-state index in [4.69, 9.17) is 5.10 Å². The van der Waals surface area contributed by atoms with Gasteiger partial charge in [-0.15, -0.1) is 0 Å². The van der Waals surface area contributed by atoms with Crippen LogP contribution in [0, 0.1) is 17.2 Å². The molecule has 0 saturated carbocycles. The molecule has 1 atom stereocenters. The molecule has 0 saturated heterocycles. The standard InChI is InChI=1S/C27H25N5O2S/c1-31-15-7-10-18(31)13-14-29-27(34)21(16-28)26(33)24-22-17-35-23-12-6-5-11-20(23)25(22)32(30-24)19-8-3-2-4-9-19/h3-10,12,15,17,19,21H,2,11,13-14H2,1H3,(H,29,34). The van der Waals surface area contributed by atoms with Crippen molar-refractivity contribution >= 4 is 34.4 Å². The number of aryl methyl sites for hydroxylation is 1. The third-order valence-corrected chi connectivity index (χ3v) is 7.37. The molecule has 176 valence electrons. The van der Waals surface area contributed by atoms with Crippen LogP contribution in [0.25, 0.3) is 11.0 Å². The van der Waals surface area contributed by atoms with Crippen LogP contribution in [0.1, 0.15) is 35.1 Å². The van der Waals surface area contributed by atoms with Crippen LogP contribution >= 0.6 is 11.8 Å². The summed E-state index contributed by atoms with van der Waals surface area (Å²) in [4.78, 5) is 27.5. The van der Waals surface area contributed by atoms with Crippen molar-refractivity contribution in [3.8, 4) is 6.07 Å². The number of amides is 1. The topological polar surface area (TPSA) is 92.7 Å². The van der Waals surface area contributed by atoms with E-state index in [1.165, 1.54) is 0 Å². The molecule has 8 heteroatoms. The number of allylic oxidation sites excluding steroid dienone is 8. The van der Waals surface area contributed by atoms with Crippen molar-refractivity contribution in [2.24, 2.45) is 13.0 Å². The van der Waals surface area contributed by atoms with Crippen LogP contribution in [0.5, 0.6) is 0 Å². The average molecular weight is 484 g/mol. The normalized spacial score (nSPS) is 17.1. The number of fused-ring (bicyclic) bond motifs is 2. The number of carbonyl (C=O) groups is 2. The highest BCUT2D eigenvalue weighted by Gasteiger charge is 2.32. The Morgan fingerprint density at radius 1 is 1.31 bits per heavy atom. The Kier molecular flexibility index (Phi) is 6.43. The van der Waals surface area contributed by atoms with E-state index in [0.717, 1.165) is 34.4 Å². The average Bonchev–Trinajstić information content (AvgIpc) is 3.48. The SMILES string of the molecule is Cn1cccc1CCNC(=O)C(C#N)C(=O)c1nn(C2C=CCC=C2)c2c1=CSC1=CC=CCC=21. The molecule has 1 unspecified atom stereocenters. The first kappa shape index (κ1) is 22.9. The molecule has 7 nitrogen and oxygen atoms in total. The van der Waals surface area contributed by atoms with Gasteiger partial charge < -0.3 is 9.88 Å². The molecule has 0 radical (unpaired) electrons. The minimum atomic E-state index is -1.46. The molecule has 3 heterocycles. The fourth-order valence-electron chi connectivity index (χ4n) is 4.53. The zero-order valence-electron chi connectivity index (χ0n) is 19.3. The van der Waals surface area contributed by atoms with E-state index in [9.17, 15) is 14.9 Å². The zero-order chi connectivity index (χ0) is 24.4. The van der Waals surface area contributed by atoms with E-state index in [0.29, 0.717) is 18.2 Å². The lowest BCUT2D eigenvalue weighted by atomic mass is 10.00. The molecule has 0 fully saturated rings. The third-order valence-electron chi connectivity index (χ3n) is 6.38. The fraction of sp³-hybridized carbons (Fsp3) is 0.259. The number of hydrogen-bond donors (Lipinski definition) is 1. The first-order chi connectivity index (χ1) is 17.1. The molecule has 0 bridgehead atoms. The Balaban J connectivity index is 1.47. The highest BCUT2D eigenvalue weighted by Crippen LogP contribution is 2.32. The van der Waals surface area contributed by atoms with Gasteiger partial charge in [-0.3, -0.25) is 14.3 Å². The molecule has 3 aliphatic rings. The lowest BCUT2D eigenvalue weighted by Gasteiger charge is -2.18. The summed E-state index contributed by atoms with van der Waals surface area (Å²) in [6, 6.07) is 5.69. The Morgan fingerprint density at radius 3 is 2.89 bits per heavy atom. The number of nitrogens with one attached hydrogen (secondary N) is 1. The maximum atomic E-state index is 13.5. The van der Waals surface area contributed by atoms with Crippen molar-refractivity contribution in [2.45, 2.75) is 25.3 Å². The molecule has 2 aromatic heterocycles. The molecule has 0 spiro atoms. The highest BCUT2D eigenvalue weighted by molar-refractivity contribution is 8.10. The number of rotatable bonds is 7. The molecule has 5 rings (SSSR count). The van der Waals surface area contributed by atoms with Gasteiger partial charge in [0.2, 0.25) is 11.7 Å². The maximum absolute atomic E-state index is 13.5. The van der Waals surface area contributed by atoms with Crippen LogP contribution in [-0.2, 0) is 18.3 Å². The third kappa shape index (κ3) is 4.35. The molecule has 1 N–H and O–H groups in total. The Hall–Kier alpha value is -3.83. The summed E-state index contributed by atoms with van der Waals surface area (Å²) in [5.41, 5.74) is 2.33. The first-order valence-corrected chi connectivity index (χ1v) is 12.5. The molecular weight excluding hydrogens is 458 g/mol. The van der Waals surface area contributed by atoms with E-state index in [1.54, 1.807) is 11.8 Å². The van der Waals surface area contributed by atoms with Crippen LogP contribution in [0.15, 0.2) is 65.8 Å². The quantitative estimate of drug-likeness (QED) is 0.371. The van der Waals surface area contributed by atoms with Gasteiger partial charge in [0, 0.05) is 42.0 Å². The van der Waals surface area contributed by atoms with Crippen molar-refractivity contribution in [3.63, 3.8) is 0 Å². The molecule has 1 amide bonds. The number of aromatic nitrogens is 3. The summed E-state index contributed by atoms with van der Waals surface area (Å²) in [6.07, 6.45) is 18.6. The van der Waals surface area contributed by atoms with Gasteiger partial charge in [0.15, 0.2) is 5.92 Å². The zero-order valence-corrected chi connectivity index (χ0v) is 20.2. The van der Waals surface area contributed by atoms with E-state index in [-0.39, 0.29) is 11.7 Å². The van der Waals surface area contributed by atoms with Gasteiger partial charge in [0.25, 0.3) is 0 Å². The molecular formula is C27H25N5O2S. The first-order valence-electron chi connectivity index (χ1n) is 11.6. The van der Waals surface area contributed by atoms with Crippen LogP contribution in [0.2, 0.25) is 0 Å². The summed E-state index contributed by atoms with van der Waals surface area (Å²) in [6.45, 7) is 0.340. The van der Waals surface area contributed by atoms with Crippen molar-refractivity contribution < 1.29 is 9.59 Å². The van der Waals surface area contributed by atoms with Gasteiger partial charge in [0.05, 0.1) is 17.5 Å². The predicted molar refractivity (Wildman–Crippen MR) is 136 cm³/mol. The molecule has 1 aliphatic heterocycles. The molecule has 2 aliphatic carbocycles. The lowest BCUT2D eigenvalue weighted by Crippen LogP contribution is -2.40. The number of Topliss-reactive ketones (excluding diaryl/α,β-unsaturated/α-hetero) is 1. The molecule has 35 heavy (non-hydrogen) atoms. The van der Waals surface area contributed by atoms with E-state index in [1.807, 2.05) is 52.2 Å². The van der Waals surface area contributed by atoms with Crippen molar-refractivity contribution in [1.29, 1.82) is 5.26 Å². The predicted octanol–water partition coefficient (Wildman–Crippen LogP) is 2.44. The van der Waals surface area contributed by atoms with Crippen LogP contribution in [0.3, 0.4) is 0 Å². The smallest absolute Gasteiger partial charge is 0.245 e. The van der Waals surface area contributed by atoms with E-state index < -0.39 is 17.6 Å². The summed E-state index contributed by atoms with van der Waals surface area (Å²) < 4.78 is 3.83. The Morgan fingerprint density at radius 2 is 2.14 bits per heavy atom. The lowest BCUT2D eigenvalue weighted by molar-refractivity contribution is -0.122. The van der Waals surface area contributed by atoms with Crippen molar-refractivity contribution in [1.82, 2.24) is 19.7 Å². The monoisotopic (exact) mass is 483 g/mol. The molecule has 0 aromatic carbocycles. The minimum absolute atomic E-state index is 0.130. The van der Waals surface area contributed by atoms with E-state index in [2.05, 4.69) is 41.8 Å². The van der Waals surface area contributed by atoms with Crippen molar-refractivity contribution in [2.75, 3.05) is 6.54 Å². The second kappa shape index (κ2) is 9.80. The van der Waals surface area contributed by atoms with Gasteiger partial charge in [0.1, 0.15) is 5.69 Å². The van der Waals surface area contributed by atoms with Crippen LogP contribution in [0.4, 0.5) is 0 Å². The summed E-state index contributed by atoms with van der Waals surface area (Å²) in [5.74, 6) is -2.62. The number of nitriles is 1. The van der Waals surface area contributed by atoms with Gasteiger partial charge in [-0.2, -0.15) is 10.4 Å². The Labute approximate surface area is 207 Å². The number of thioether (sulfide) groups is 1.